The smallest absolute Gasteiger partial charge is 0.191 e. The van der Waals surface area contributed by atoms with E-state index in [1.165, 1.54) is 31.0 Å². The minimum atomic E-state index is -0.330. The maximum atomic E-state index is 13.7. The normalized spacial score (nSPS) is 10.4. The van der Waals surface area contributed by atoms with Crippen LogP contribution in [0, 0.1) is 5.82 Å². The summed E-state index contributed by atoms with van der Waals surface area (Å²) in [4.78, 5) is 8.03. The summed E-state index contributed by atoms with van der Waals surface area (Å²) in [5.74, 6) is 1.13. The third kappa shape index (κ3) is 3.47. The zero-order valence-electron chi connectivity index (χ0n) is 10.3. The van der Waals surface area contributed by atoms with Gasteiger partial charge in [-0.1, -0.05) is 17.8 Å². The summed E-state index contributed by atoms with van der Waals surface area (Å²) >= 11 is 1.27. The number of rotatable bonds is 4. The van der Waals surface area contributed by atoms with E-state index in [9.17, 15) is 4.39 Å². The minimum Gasteiger partial charge on any atom is -0.497 e. The van der Waals surface area contributed by atoms with Crippen molar-refractivity contribution in [2.75, 3.05) is 18.6 Å². The first-order valence-corrected chi connectivity index (χ1v) is 6.42. The molecule has 0 fully saturated rings. The van der Waals surface area contributed by atoms with Gasteiger partial charge in [0, 0.05) is 17.9 Å². The van der Waals surface area contributed by atoms with Crippen LogP contribution in [0.15, 0.2) is 29.4 Å². The number of methoxy groups -OCH3 is 1. The average molecular weight is 280 g/mol. The SMILES string of the molecule is COc1ccc(CSc2nc(N)cc(N)n2)c(F)c1. The summed E-state index contributed by atoms with van der Waals surface area (Å²) in [6.07, 6.45) is 0. The highest BCUT2D eigenvalue weighted by molar-refractivity contribution is 7.98. The minimum absolute atomic E-state index is 0.296. The fraction of sp³-hybridized carbons (Fsp3) is 0.167. The van der Waals surface area contributed by atoms with Crippen molar-refractivity contribution in [2.24, 2.45) is 0 Å². The topological polar surface area (TPSA) is 87.0 Å². The Balaban J connectivity index is 2.10. The Hall–Kier alpha value is -2.02. The molecule has 0 radical (unpaired) electrons. The van der Waals surface area contributed by atoms with Crippen molar-refractivity contribution in [3.05, 3.63) is 35.6 Å². The lowest BCUT2D eigenvalue weighted by Crippen LogP contribution is -1.99. The van der Waals surface area contributed by atoms with Gasteiger partial charge in [0.25, 0.3) is 0 Å². The third-order valence-corrected chi connectivity index (χ3v) is 3.26. The van der Waals surface area contributed by atoms with Gasteiger partial charge in [0.15, 0.2) is 5.16 Å². The molecule has 0 amide bonds. The van der Waals surface area contributed by atoms with Gasteiger partial charge in [0.2, 0.25) is 0 Å². The second-order valence-electron chi connectivity index (χ2n) is 3.75. The molecule has 19 heavy (non-hydrogen) atoms. The van der Waals surface area contributed by atoms with Crippen LogP contribution in [0.2, 0.25) is 0 Å². The number of nitrogens with zero attached hydrogens (tertiary/aromatic N) is 2. The largest absolute Gasteiger partial charge is 0.497 e. The molecule has 2 aromatic rings. The van der Waals surface area contributed by atoms with E-state index in [1.54, 1.807) is 12.1 Å². The van der Waals surface area contributed by atoms with Crippen molar-refractivity contribution >= 4 is 23.4 Å². The van der Waals surface area contributed by atoms with Crippen molar-refractivity contribution < 1.29 is 9.13 Å². The Morgan fingerprint density at radius 3 is 2.47 bits per heavy atom. The Kier molecular flexibility index (Phi) is 4.06. The Labute approximate surface area is 114 Å². The molecule has 5 nitrogen and oxygen atoms in total. The van der Waals surface area contributed by atoms with Gasteiger partial charge in [0.1, 0.15) is 23.2 Å². The molecule has 4 N–H and O–H groups in total. The second kappa shape index (κ2) is 5.75. The van der Waals surface area contributed by atoms with Gasteiger partial charge in [-0.05, 0) is 11.6 Å². The number of aromatic nitrogens is 2. The van der Waals surface area contributed by atoms with Gasteiger partial charge in [-0.15, -0.1) is 0 Å². The Bertz CT molecular complexity index is 574. The van der Waals surface area contributed by atoms with E-state index in [-0.39, 0.29) is 5.82 Å². The first-order valence-electron chi connectivity index (χ1n) is 5.43. The predicted molar refractivity (Wildman–Crippen MR) is 73.4 cm³/mol. The zero-order chi connectivity index (χ0) is 13.8. The number of hydrogen-bond acceptors (Lipinski definition) is 6. The molecule has 0 bridgehead atoms. The standard InChI is InChI=1S/C12H13FN4OS/c1-18-8-3-2-7(9(13)4-8)6-19-12-16-10(14)5-11(15)17-12/h2-5H,6H2,1H3,(H4,14,15,16,17). The first-order chi connectivity index (χ1) is 9.08. The van der Waals surface area contributed by atoms with Crippen molar-refractivity contribution in [1.82, 2.24) is 9.97 Å². The number of hydrogen-bond donors (Lipinski definition) is 2. The van der Waals surface area contributed by atoms with Gasteiger partial charge in [-0.3, -0.25) is 0 Å². The summed E-state index contributed by atoms with van der Waals surface area (Å²) < 4.78 is 18.7. The van der Waals surface area contributed by atoms with Crippen LogP contribution >= 0.6 is 11.8 Å². The zero-order valence-corrected chi connectivity index (χ0v) is 11.1. The third-order valence-electron chi connectivity index (χ3n) is 2.36. The van der Waals surface area contributed by atoms with Crippen LogP contribution in [0.1, 0.15) is 5.56 Å². The second-order valence-corrected chi connectivity index (χ2v) is 4.69. The lowest BCUT2D eigenvalue weighted by atomic mass is 10.2. The maximum absolute atomic E-state index is 13.7. The van der Waals surface area contributed by atoms with Crippen LogP contribution in [-0.4, -0.2) is 17.1 Å². The molecule has 0 aliphatic rings. The van der Waals surface area contributed by atoms with Crippen molar-refractivity contribution in [3.8, 4) is 5.75 Å². The molecule has 0 atom stereocenters. The highest BCUT2D eigenvalue weighted by Gasteiger charge is 2.07. The molecule has 0 saturated heterocycles. The Morgan fingerprint density at radius 1 is 1.21 bits per heavy atom. The summed E-state index contributed by atoms with van der Waals surface area (Å²) in [5.41, 5.74) is 11.7. The molecule has 100 valence electrons. The van der Waals surface area contributed by atoms with E-state index >= 15 is 0 Å². The first kappa shape index (κ1) is 13.4. The molecule has 0 aliphatic heterocycles. The molecule has 1 aromatic heterocycles. The number of anilines is 2. The number of thioether (sulfide) groups is 1. The van der Waals surface area contributed by atoms with Gasteiger partial charge >= 0.3 is 0 Å². The van der Waals surface area contributed by atoms with E-state index in [2.05, 4.69) is 9.97 Å². The lowest BCUT2D eigenvalue weighted by molar-refractivity contribution is 0.411. The number of benzene rings is 1. The Morgan fingerprint density at radius 2 is 1.89 bits per heavy atom. The summed E-state index contributed by atoms with van der Waals surface area (Å²) in [6, 6.07) is 6.17. The van der Waals surface area contributed by atoms with Crippen LogP contribution in [-0.2, 0) is 5.75 Å². The molecule has 0 spiro atoms. The molecule has 1 heterocycles. The van der Waals surface area contributed by atoms with Gasteiger partial charge < -0.3 is 16.2 Å². The van der Waals surface area contributed by atoms with Crippen LogP contribution in [0.4, 0.5) is 16.0 Å². The average Bonchev–Trinajstić information content (AvgIpc) is 2.36. The molecule has 7 heteroatoms. The van der Waals surface area contributed by atoms with E-state index < -0.39 is 0 Å². The quantitative estimate of drug-likeness (QED) is 0.658. The lowest BCUT2D eigenvalue weighted by Gasteiger charge is -2.05. The predicted octanol–water partition coefficient (Wildman–Crippen LogP) is 2.08. The van der Waals surface area contributed by atoms with Crippen LogP contribution in [0.25, 0.3) is 0 Å². The number of nitrogens with two attached hydrogens (primary N) is 2. The number of ether oxygens (including phenoxy) is 1. The van der Waals surface area contributed by atoms with E-state index in [1.807, 2.05) is 0 Å². The molecule has 2 rings (SSSR count). The molecule has 0 unspecified atom stereocenters. The highest BCUT2D eigenvalue weighted by atomic mass is 32.2. The van der Waals surface area contributed by atoms with Crippen LogP contribution < -0.4 is 16.2 Å². The van der Waals surface area contributed by atoms with E-state index in [4.69, 9.17) is 16.2 Å². The van der Waals surface area contributed by atoms with E-state index in [0.29, 0.717) is 33.9 Å². The van der Waals surface area contributed by atoms with Crippen LogP contribution in [0.5, 0.6) is 5.75 Å². The van der Waals surface area contributed by atoms with Gasteiger partial charge in [-0.2, -0.15) is 0 Å². The molecule has 1 aromatic carbocycles. The summed E-state index contributed by atoms with van der Waals surface area (Å²) in [7, 11) is 1.49. The fourth-order valence-corrected chi connectivity index (χ4v) is 2.30. The summed E-state index contributed by atoms with van der Waals surface area (Å²) in [5, 5.41) is 0.424. The van der Waals surface area contributed by atoms with E-state index in [0.717, 1.165) is 0 Å². The number of nitrogen functional groups attached to an aromatic ring is 2. The van der Waals surface area contributed by atoms with Crippen molar-refractivity contribution in [3.63, 3.8) is 0 Å². The maximum Gasteiger partial charge on any atom is 0.191 e. The van der Waals surface area contributed by atoms with Crippen molar-refractivity contribution in [1.29, 1.82) is 0 Å². The highest BCUT2D eigenvalue weighted by Crippen LogP contribution is 2.24. The molecular weight excluding hydrogens is 267 g/mol. The monoisotopic (exact) mass is 280 g/mol. The van der Waals surface area contributed by atoms with Gasteiger partial charge in [-0.25, -0.2) is 14.4 Å². The summed E-state index contributed by atoms with van der Waals surface area (Å²) in [6.45, 7) is 0. The number of halogens is 1. The molecule has 0 aliphatic carbocycles. The van der Waals surface area contributed by atoms with Gasteiger partial charge in [0.05, 0.1) is 7.11 Å². The van der Waals surface area contributed by atoms with Crippen molar-refractivity contribution in [2.45, 2.75) is 10.9 Å². The molecular formula is C12H13FN4OS. The molecule has 0 saturated carbocycles. The fourth-order valence-electron chi connectivity index (χ4n) is 1.44. The van der Waals surface area contributed by atoms with Crippen LogP contribution in [0.3, 0.4) is 0 Å².